The Hall–Kier alpha value is -3.06. The third-order valence-electron chi connectivity index (χ3n) is 4.30. The Kier molecular flexibility index (Phi) is 6.03. The van der Waals surface area contributed by atoms with E-state index in [9.17, 15) is 14.0 Å². The molecule has 30 heavy (non-hydrogen) atoms. The van der Waals surface area contributed by atoms with Crippen molar-refractivity contribution < 1.29 is 23.5 Å². The van der Waals surface area contributed by atoms with E-state index >= 15 is 0 Å². The van der Waals surface area contributed by atoms with Crippen LogP contribution >= 0.6 is 11.6 Å². The van der Waals surface area contributed by atoms with E-state index in [4.69, 9.17) is 21.1 Å². The monoisotopic (exact) mass is 432 g/mol. The van der Waals surface area contributed by atoms with Gasteiger partial charge in [-0.1, -0.05) is 30.3 Å². The van der Waals surface area contributed by atoms with Crippen molar-refractivity contribution in [3.63, 3.8) is 0 Å². The lowest BCUT2D eigenvalue weighted by atomic mass is 9.99. The Balaban J connectivity index is 1.95. The Labute approximate surface area is 179 Å². The van der Waals surface area contributed by atoms with Gasteiger partial charge in [0, 0.05) is 16.2 Å². The molecule has 0 bridgehead atoms. The molecule has 0 unspecified atom stereocenters. The van der Waals surface area contributed by atoms with Gasteiger partial charge in [0.15, 0.2) is 6.10 Å². The van der Waals surface area contributed by atoms with E-state index in [0.717, 1.165) is 0 Å². The van der Waals surface area contributed by atoms with Crippen molar-refractivity contribution in [2.24, 2.45) is 0 Å². The number of cyclic esters (lactones) is 1. The zero-order chi connectivity index (χ0) is 22.1. The topological polar surface area (TPSA) is 67.9 Å². The molecule has 2 aromatic carbocycles. The zero-order valence-electron chi connectivity index (χ0n) is 16.8. The van der Waals surface area contributed by atoms with Crippen LogP contribution in [0.25, 0.3) is 0 Å². The number of nitrogens with one attached hydrogen (secondary N) is 1. The fourth-order valence-electron chi connectivity index (χ4n) is 3.11. The first-order valence-corrected chi connectivity index (χ1v) is 9.62. The fraction of sp³-hybridized carbons (Fsp3) is 0.273. The van der Waals surface area contributed by atoms with E-state index in [-0.39, 0.29) is 5.76 Å². The first kappa shape index (κ1) is 21.6. The second kappa shape index (κ2) is 8.36. The number of amides is 2. The molecule has 6 nitrogen and oxygen atoms in total. The summed E-state index contributed by atoms with van der Waals surface area (Å²) in [5, 5.41) is 3.14. The van der Waals surface area contributed by atoms with Gasteiger partial charge in [0.05, 0.1) is 0 Å². The van der Waals surface area contributed by atoms with E-state index in [1.54, 1.807) is 51.1 Å². The van der Waals surface area contributed by atoms with Gasteiger partial charge in [-0.2, -0.15) is 0 Å². The highest BCUT2D eigenvalue weighted by atomic mass is 35.5. The van der Waals surface area contributed by atoms with Crippen LogP contribution in [0.4, 0.5) is 19.7 Å². The van der Waals surface area contributed by atoms with Crippen molar-refractivity contribution in [2.45, 2.75) is 38.5 Å². The molecule has 2 atom stereocenters. The number of hydrogen-bond donors (Lipinski definition) is 1. The summed E-state index contributed by atoms with van der Waals surface area (Å²) in [5.74, 6) is -0.547. The van der Waals surface area contributed by atoms with Crippen molar-refractivity contribution in [3.8, 4) is 0 Å². The molecule has 0 radical (unpaired) electrons. The minimum atomic E-state index is -1.04. The molecule has 1 heterocycles. The van der Waals surface area contributed by atoms with Gasteiger partial charge in [-0.15, -0.1) is 0 Å². The van der Waals surface area contributed by atoms with Gasteiger partial charge in [-0.25, -0.2) is 14.0 Å². The molecule has 1 saturated heterocycles. The van der Waals surface area contributed by atoms with Crippen LogP contribution in [0.1, 0.15) is 32.4 Å². The summed E-state index contributed by atoms with van der Waals surface area (Å²) in [6.45, 7) is 9.17. The molecule has 1 fully saturated rings. The summed E-state index contributed by atoms with van der Waals surface area (Å²) in [6, 6.07) is 11.5. The number of halogens is 2. The van der Waals surface area contributed by atoms with Gasteiger partial charge in [-0.05, 0) is 62.7 Å². The molecule has 0 spiro atoms. The van der Waals surface area contributed by atoms with Crippen molar-refractivity contribution in [1.82, 2.24) is 5.32 Å². The highest BCUT2D eigenvalue weighted by Crippen LogP contribution is 2.40. The molecule has 0 saturated carbocycles. The summed E-state index contributed by atoms with van der Waals surface area (Å²) < 4.78 is 24.7. The molecule has 2 aromatic rings. The van der Waals surface area contributed by atoms with Crippen LogP contribution in [0.5, 0.6) is 0 Å². The number of anilines is 1. The molecule has 8 heteroatoms. The van der Waals surface area contributed by atoms with Gasteiger partial charge in [0.25, 0.3) is 0 Å². The first-order chi connectivity index (χ1) is 14.0. The van der Waals surface area contributed by atoms with Gasteiger partial charge in [0.1, 0.15) is 17.6 Å². The minimum absolute atomic E-state index is 0.0733. The molecule has 1 aliphatic heterocycles. The SMILES string of the molecule is C=C(OC(=O)NC(C)(C)C)[C@@H]1OC(=O)N(c2ccc(Cl)cc2)[C@H]1c1cccc(F)c1. The number of carbonyl (C=O) groups is 2. The molecule has 1 aliphatic rings. The van der Waals surface area contributed by atoms with Crippen LogP contribution in [0.15, 0.2) is 60.9 Å². The maximum absolute atomic E-state index is 13.9. The third-order valence-corrected chi connectivity index (χ3v) is 4.55. The maximum atomic E-state index is 13.9. The van der Waals surface area contributed by atoms with Crippen LogP contribution in [0, 0.1) is 5.82 Å². The molecule has 3 rings (SSSR count). The number of benzene rings is 2. The van der Waals surface area contributed by atoms with Crippen molar-refractivity contribution in [2.75, 3.05) is 4.90 Å². The molecular formula is C22H22ClFN2O4. The first-order valence-electron chi connectivity index (χ1n) is 9.25. The normalized spacial score (nSPS) is 18.7. The summed E-state index contributed by atoms with van der Waals surface area (Å²) in [7, 11) is 0. The summed E-state index contributed by atoms with van der Waals surface area (Å²) in [5.41, 5.74) is 0.427. The number of rotatable bonds is 4. The average Bonchev–Trinajstić information content (AvgIpc) is 2.98. The quantitative estimate of drug-likeness (QED) is 0.640. The Bertz CT molecular complexity index is 972. The van der Waals surface area contributed by atoms with E-state index < -0.39 is 35.7 Å². The lowest BCUT2D eigenvalue weighted by molar-refractivity contribution is 0.102. The van der Waals surface area contributed by atoms with Crippen LogP contribution in [0.2, 0.25) is 5.02 Å². The molecule has 1 N–H and O–H groups in total. The number of ether oxygens (including phenoxy) is 2. The van der Waals surface area contributed by atoms with E-state index in [0.29, 0.717) is 16.3 Å². The molecule has 0 aromatic heterocycles. The van der Waals surface area contributed by atoms with Crippen LogP contribution in [0.3, 0.4) is 0 Å². The lowest BCUT2D eigenvalue weighted by Gasteiger charge is -2.26. The molecule has 0 aliphatic carbocycles. The summed E-state index contributed by atoms with van der Waals surface area (Å²) in [4.78, 5) is 26.3. The lowest BCUT2D eigenvalue weighted by Crippen LogP contribution is -2.41. The Morgan fingerprint density at radius 1 is 1.23 bits per heavy atom. The summed E-state index contributed by atoms with van der Waals surface area (Å²) in [6.07, 6.45) is -2.45. The maximum Gasteiger partial charge on any atom is 0.415 e. The summed E-state index contributed by atoms with van der Waals surface area (Å²) >= 11 is 5.96. The average molecular weight is 433 g/mol. The van der Waals surface area contributed by atoms with Crippen LogP contribution in [-0.2, 0) is 9.47 Å². The molecular weight excluding hydrogens is 411 g/mol. The zero-order valence-corrected chi connectivity index (χ0v) is 17.6. The minimum Gasteiger partial charge on any atom is -0.435 e. The largest absolute Gasteiger partial charge is 0.435 e. The second-order valence-electron chi connectivity index (χ2n) is 7.88. The predicted molar refractivity (Wildman–Crippen MR) is 112 cm³/mol. The fourth-order valence-corrected chi connectivity index (χ4v) is 3.24. The number of alkyl carbamates (subject to hydrolysis) is 1. The van der Waals surface area contributed by atoms with Gasteiger partial charge >= 0.3 is 12.2 Å². The van der Waals surface area contributed by atoms with E-state index in [2.05, 4.69) is 11.9 Å². The Morgan fingerprint density at radius 2 is 1.90 bits per heavy atom. The molecule has 2 amide bonds. The van der Waals surface area contributed by atoms with Gasteiger partial charge in [-0.3, -0.25) is 4.90 Å². The number of hydrogen-bond acceptors (Lipinski definition) is 4. The van der Waals surface area contributed by atoms with Crippen LogP contribution < -0.4 is 10.2 Å². The van der Waals surface area contributed by atoms with Gasteiger partial charge in [0.2, 0.25) is 0 Å². The van der Waals surface area contributed by atoms with Crippen molar-refractivity contribution in [1.29, 1.82) is 0 Å². The standard InChI is InChI=1S/C22H22ClFN2O4/c1-13(29-20(27)25-22(2,3)4)19-18(14-6-5-7-16(24)12-14)26(21(28)30-19)17-10-8-15(23)9-11-17/h5-12,18-19H,1H2,2-4H3,(H,25,27)/t18-,19-/m0/s1. The second-order valence-corrected chi connectivity index (χ2v) is 8.32. The van der Waals surface area contributed by atoms with Crippen LogP contribution in [-0.4, -0.2) is 23.8 Å². The molecule has 158 valence electrons. The smallest absolute Gasteiger partial charge is 0.415 e. The van der Waals surface area contributed by atoms with Crippen molar-refractivity contribution >= 4 is 29.5 Å². The van der Waals surface area contributed by atoms with E-state index in [1.165, 1.54) is 23.1 Å². The Morgan fingerprint density at radius 3 is 2.50 bits per heavy atom. The number of carbonyl (C=O) groups excluding carboxylic acids is 2. The number of nitrogens with zero attached hydrogens (tertiary/aromatic N) is 1. The van der Waals surface area contributed by atoms with E-state index in [1.807, 2.05) is 0 Å². The third kappa shape index (κ3) is 4.91. The highest BCUT2D eigenvalue weighted by molar-refractivity contribution is 6.30. The van der Waals surface area contributed by atoms with Crippen molar-refractivity contribution in [3.05, 3.63) is 77.3 Å². The highest BCUT2D eigenvalue weighted by Gasteiger charge is 2.46. The van der Waals surface area contributed by atoms with Gasteiger partial charge < -0.3 is 14.8 Å². The predicted octanol–water partition coefficient (Wildman–Crippen LogP) is 5.58.